The summed E-state index contributed by atoms with van der Waals surface area (Å²) < 4.78 is 14.4. The van der Waals surface area contributed by atoms with Crippen LogP contribution in [-0.4, -0.2) is 161 Å². The lowest BCUT2D eigenvalue weighted by molar-refractivity contribution is -0.138. The summed E-state index contributed by atoms with van der Waals surface area (Å²) >= 11 is 0. The predicted octanol–water partition coefficient (Wildman–Crippen LogP) is 7.43. The molecule has 0 heterocycles. The Balaban J connectivity index is -0.000000272. The summed E-state index contributed by atoms with van der Waals surface area (Å²) in [5.74, 6) is -1.33. The minimum atomic E-state index is -1.35. The minimum absolute atomic E-state index is 0.140. The molecule has 73 heavy (non-hydrogen) atoms. The fraction of sp³-hybridized carbons (Fsp3) is 0.889. The van der Waals surface area contributed by atoms with Crippen LogP contribution in [0.4, 0.5) is 0 Å². The van der Waals surface area contributed by atoms with Gasteiger partial charge >= 0.3 is 11.9 Å². The molecule has 0 aromatic carbocycles. The Kier molecular flexibility index (Phi) is 76.2. The number of carboxylic acid groups (broad SMARTS) is 2. The van der Waals surface area contributed by atoms with Crippen LogP contribution in [0.15, 0.2) is 24.3 Å². The number of aliphatic hydroxyl groups is 12. The van der Waals surface area contributed by atoms with Crippen LogP contribution in [0.5, 0.6) is 0 Å². The summed E-state index contributed by atoms with van der Waals surface area (Å²) in [6.07, 6.45) is 35.2. The van der Waals surface area contributed by atoms with Gasteiger partial charge < -0.3 is 85.7 Å². The van der Waals surface area contributed by atoms with Gasteiger partial charge in [0.25, 0.3) is 0 Å². The lowest BCUT2D eigenvalue weighted by Gasteiger charge is -2.05. The third kappa shape index (κ3) is 103. The first-order valence-corrected chi connectivity index (χ1v) is 27.6. The highest BCUT2D eigenvalue weighted by atomic mass is 16.5. The van der Waals surface area contributed by atoms with Gasteiger partial charge in [-0.25, -0.2) is 0 Å². The number of carboxylic acids is 2. The number of allylic oxidation sites excluding steroid dienone is 4. The largest absolute Gasteiger partial charge is 0.481 e. The number of aliphatic carboxylic acids is 2. The summed E-state index contributed by atoms with van der Waals surface area (Å²) in [6, 6.07) is 0. The first-order chi connectivity index (χ1) is 34.9. The van der Waals surface area contributed by atoms with Gasteiger partial charge in [-0.15, -0.1) is 0 Å². The SMILES string of the molecule is CCCCCCCC/C=C\CCCCCCCC(=O)O.CCCCCCCC/C=C\CCCCCCCC(=O)O.OC(O)CCOCCC(O)O.OC(O)CCOCCC(O)O.OC(O)CCOCCC(O)O. The Morgan fingerprint density at radius 2 is 0.479 bits per heavy atom. The maximum atomic E-state index is 10.3. The van der Waals surface area contributed by atoms with Gasteiger partial charge in [0, 0.05) is 51.4 Å². The van der Waals surface area contributed by atoms with Crippen molar-refractivity contribution in [2.24, 2.45) is 0 Å². The molecule has 0 atom stereocenters. The monoisotopic (exact) mass is 1060 g/mol. The molecule has 0 aromatic rings. The molecule has 0 aliphatic carbocycles. The maximum absolute atomic E-state index is 10.3. The van der Waals surface area contributed by atoms with E-state index in [9.17, 15) is 9.59 Å². The third-order valence-electron chi connectivity index (χ3n) is 10.4. The molecule has 0 rings (SSSR count). The lowest BCUT2D eigenvalue weighted by atomic mass is 10.1. The molecule has 0 spiro atoms. The van der Waals surface area contributed by atoms with Gasteiger partial charge in [0.1, 0.15) is 0 Å². The van der Waals surface area contributed by atoms with Crippen molar-refractivity contribution in [2.75, 3.05) is 39.6 Å². The first-order valence-electron chi connectivity index (χ1n) is 27.6. The molecule has 0 fully saturated rings. The molecule has 0 aliphatic heterocycles. The normalized spacial score (nSPS) is 11.3. The van der Waals surface area contributed by atoms with Crippen molar-refractivity contribution in [3.63, 3.8) is 0 Å². The Morgan fingerprint density at radius 1 is 0.301 bits per heavy atom. The van der Waals surface area contributed by atoms with Crippen LogP contribution in [0.1, 0.15) is 232 Å². The highest BCUT2D eigenvalue weighted by Gasteiger charge is 2.02. The highest BCUT2D eigenvalue weighted by molar-refractivity contribution is 5.66. The number of ether oxygens (including phenoxy) is 3. The van der Waals surface area contributed by atoms with Crippen molar-refractivity contribution < 1.29 is 95.3 Å². The van der Waals surface area contributed by atoms with Crippen LogP contribution in [0.3, 0.4) is 0 Å². The van der Waals surface area contributed by atoms with E-state index in [4.69, 9.17) is 85.7 Å². The molecule has 14 N–H and O–H groups in total. The average molecular weight is 1060 g/mol. The summed E-state index contributed by atoms with van der Waals surface area (Å²) in [5, 5.41) is 117. The fourth-order valence-electron chi connectivity index (χ4n) is 6.13. The Labute approximate surface area is 440 Å². The van der Waals surface area contributed by atoms with E-state index in [1.807, 2.05) is 0 Å². The number of unbranched alkanes of at least 4 members (excludes halogenated alkanes) is 22. The third-order valence-corrected chi connectivity index (χ3v) is 10.4. The number of aliphatic hydroxyl groups excluding tert-OH is 6. The zero-order valence-electron chi connectivity index (χ0n) is 45.4. The van der Waals surface area contributed by atoms with Crippen LogP contribution in [0.25, 0.3) is 0 Å². The molecule has 440 valence electrons. The molecule has 19 heteroatoms. The summed E-state index contributed by atoms with van der Waals surface area (Å²) in [6.45, 7) is 5.79. The molecule has 0 aromatic heterocycles. The van der Waals surface area contributed by atoms with Gasteiger partial charge in [0.15, 0.2) is 37.7 Å². The van der Waals surface area contributed by atoms with Gasteiger partial charge in [-0.3, -0.25) is 9.59 Å². The van der Waals surface area contributed by atoms with E-state index in [1.54, 1.807) is 0 Å². The molecular weight excluding hydrogens is 953 g/mol. The minimum Gasteiger partial charge on any atom is -0.481 e. The smallest absolute Gasteiger partial charge is 0.303 e. The lowest BCUT2D eigenvalue weighted by Crippen LogP contribution is -2.12. The molecule has 0 amide bonds. The van der Waals surface area contributed by atoms with Crippen LogP contribution < -0.4 is 0 Å². The van der Waals surface area contributed by atoms with E-state index in [2.05, 4.69) is 38.2 Å². The van der Waals surface area contributed by atoms with Gasteiger partial charge in [-0.05, 0) is 64.2 Å². The number of hydrogen-bond donors (Lipinski definition) is 14. The Hall–Kier alpha value is -2.18. The van der Waals surface area contributed by atoms with Crippen LogP contribution in [0.2, 0.25) is 0 Å². The molecule has 0 radical (unpaired) electrons. The number of hydrogen-bond acceptors (Lipinski definition) is 17. The fourth-order valence-corrected chi connectivity index (χ4v) is 6.13. The molecular formula is C54H110O19. The van der Waals surface area contributed by atoms with Crippen LogP contribution >= 0.6 is 0 Å². The van der Waals surface area contributed by atoms with Crippen molar-refractivity contribution in [3.05, 3.63) is 24.3 Å². The molecule has 0 unspecified atom stereocenters. The van der Waals surface area contributed by atoms with Crippen molar-refractivity contribution in [1.82, 2.24) is 0 Å². The van der Waals surface area contributed by atoms with Gasteiger partial charge in [-0.2, -0.15) is 0 Å². The highest BCUT2D eigenvalue weighted by Crippen LogP contribution is 2.12. The van der Waals surface area contributed by atoms with Crippen LogP contribution in [-0.2, 0) is 23.8 Å². The number of carbonyl (C=O) groups is 2. The van der Waals surface area contributed by atoms with E-state index in [1.165, 1.54) is 141 Å². The summed E-state index contributed by atoms with van der Waals surface area (Å²) in [4.78, 5) is 20.6. The molecule has 0 aliphatic rings. The zero-order chi connectivity index (χ0) is 55.9. The standard InChI is InChI=1S/2C18H34O2.3C6H14O5/c2*1-2-3-4-5-6-7-8-9-10-11-12-13-14-15-16-17-18(19)20;3*7-5(8)1-3-11-4-2-6(9)10/h2*9-10H,2-8,11-17H2,1H3,(H,19,20);3*5-10H,1-4H2/b2*10-9-;;;. The molecule has 0 bridgehead atoms. The summed E-state index contributed by atoms with van der Waals surface area (Å²) in [5.41, 5.74) is 0. The van der Waals surface area contributed by atoms with Gasteiger partial charge in [-0.1, -0.05) is 141 Å². The van der Waals surface area contributed by atoms with E-state index >= 15 is 0 Å². The topological polar surface area (TPSA) is 345 Å². The first kappa shape index (κ1) is 79.7. The Bertz CT molecular complexity index is 958. The van der Waals surface area contributed by atoms with Crippen molar-refractivity contribution in [1.29, 1.82) is 0 Å². The Morgan fingerprint density at radius 3 is 0.658 bits per heavy atom. The quantitative estimate of drug-likeness (QED) is 0.0160. The van der Waals surface area contributed by atoms with E-state index in [0.29, 0.717) is 12.8 Å². The van der Waals surface area contributed by atoms with Crippen LogP contribution in [0, 0.1) is 0 Å². The second-order valence-corrected chi connectivity index (χ2v) is 17.9. The van der Waals surface area contributed by atoms with Gasteiger partial charge in [0.2, 0.25) is 0 Å². The predicted molar refractivity (Wildman–Crippen MR) is 284 cm³/mol. The average Bonchev–Trinajstić information content (AvgIpc) is 3.31. The second-order valence-electron chi connectivity index (χ2n) is 17.9. The van der Waals surface area contributed by atoms with Crippen molar-refractivity contribution in [2.45, 2.75) is 270 Å². The van der Waals surface area contributed by atoms with Crippen molar-refractivity contribution >= 4 is 11.9 Å². The maximum Gasteiger partial charge on any atom is 0.303 e. The second kappa shape index (κ2) is 69.8. The van der Waals surface area contributed by atoms with E-state index < -0.39 is 49.7 Å². The molecule has 0 saturated carbocycles. The van der Waals surface area contributed by atoms with Crippen molar-refractivity contribution in [3.8, 4) is 0 Å². The zero-order valence-corrected chi connectivity index (χ0v) is 45.4. The molecule has 0 saturated heterocycles. The summed E-state index contributed by atoms with van der Waals surface area (Å²) in [7, 11) is 0. The van der Waals surface area contributed by atoms with Gasteiger partial charge in [0.05, 0.1) is 39.6 Å². The van der Waals surface area contributed by atoms with E-state index in [0.717, 1.165) is 25.7 Å². The molecule has 19 nitrogen and oxygen atoms in total. The van der Waals surface area contributed by atoms with E-state index in [-0.39, 0.29) is 78.2 Å². The number of rotatable bonds is 48.